The lowest BCUT2D eigenvalue weighted by atomic mass is 10.0. The molecule has 0 aliphatic heterocycles. The molecule has 0 radical (unpaired) electrons. The molecule has 0 aliphatic rings. The summed E-state index contributed by atoms with van der Waals surface area (Å²) < 4.78 is 12.9. The first-order valence-corrected chi connectivity index (χ1v) is 7.02. The van der Waals surface area contributed by atoms with Gasteiger partial charge in [0.15, 0.2) is 0 Å². The van der Waals surface area contributed by atoms with Gasteiger partial charge < -0.3 is 4.90 Å². The molecule has 0 bridgehead atoms. The van der Waals surface area contributed by atoms with Gasteiger partial charge in [0, 0.05) is 13.0 Å². The van der Waals surface area contributed by atoms with Crippen LogP contribution in [0.1, 0.15) is 38.7 Å². The van der Waals surface area contributed by atoms with Gasteiger partial charge in [-0.25, -0.2) is 4.39 Å². The van der Waals surface area contributed by atoms with Gasteiger partial charge in [0.25, 0.3) is 0 Å². The second-order valence-corrected chi connectivity index (χ2v) is 5.18. The Morgan fingerprint density at radius 2 is 2.05 bits per heavy atom. The predicted molar refractivity (Wildman–Crippen MR) is 79.3 cm³/mol. The van der Waals surface area contributed by atoms with Crippen LogP contribution in [0.25, 0.3) is 0 Å². The van der Waals surface area contributed by atoms with Crippen LogP contribution < -0.4 is 0 Å². The Morgan fingerprint density at radius 1 is 1.40 bits per heavy atom. The van der Waals surface area contributed by atoms with Gasteiger partial charge in [-0.2, -0.15) is 0 Å². The summed E-state index contributed by atoms with van der Waals surface area (Å²) in [5.41, 5.74) is 0.887. The van der Waals surface area contributed by atoms with Gasteiger partial charge in [0.05, 0.1) is 6.54 Å². The second kappa shape index (κ2) is 8.37. The van der Waals surface area contributed by atoms with E-state index in [1.165, 1.54) is 12.1 Å². The Kier molecular flexibility index (Phi) is 6.79. The Balaban J connectivity index is 2.66. The average Bonchev–Trinajstić information content (AvgIpc) is 2.41. The molecule has 0 fully saturated rings. The maximum absolute atomic E-state index is 12.9. The van der Waals surface area contributed by atoms with Crippen molar-refractivity contribution in [3.8, 4) is 12.3 Å². The van der Waals surface area contributed by atoms with E-state index in [1.807, 2.05) is 0 Å². The van der Waals surface area contributed by atoms with E-state index in [1.54, 1.807) is 17.0 Å². The minimum Gasteiger partial charge on any atom is -0.327 e. The van der Waals surface area contributed by atoms with E-state index in [4.69, 9.17) is 6.42 Å². The molecule has 20 heavy (non-hydrogen) atoms. The van der Waals surface area contributed by atoms with Crippen LogP contribution in [0, 0.1) is 24.1 Å². The zero-order chi connectivity index (χ0) is 15.0. The van der Waals surface area contributed by atoms with Crippen molar-refractivity contribution in [2.45, 2.75) is 39.7 Å². The van der Waals surface area contributed by atoms with Crippen LogP contribution in [0.2, 0.25) is 0 Å². The van der Waals surface area contributed by atoms with E-state index in [0.717, 1.165) is 18.4 Å². The molecular formula is C17H22FNO. The van der Waals surface area contributed by atoms with E-state index in [0.29, 0.717) is 18.9 Å². The first kappa shape index (κ1) is 16.2. The van der Waals surface area contributed by atoms with Gasteiger partial charge in [-0.15, -0.1) is 6.42 Å². The summed E-state index contributed by atoms with van der Waals surface area (Å²) in [4.78, 5) is 13.9. The third-order valence-corrected chi connectivity index (χ3v) is 3.23. The smallest absolute Gasteiger partial charge is 0.223 e. The van der Waals surface area contributed by atoms with Crippen LogP contribution in [0.15, 0.2) is 24.3 Å². The van der Waals surface area contributed by atoms with Crippen LogP contribution in [0.5, 0.6) is 0 Å². The van der Waals surface area contributed by atoms with Crippen LogP contribution in [0.4, 0.5) is 4.39 Å². The van der Waals surface area contributed by atoms with Crippen LogP contribution >= 0.6 is 0 Å². The molecule has 0 N–H and O–H groups in total. The molecule has 0 spiro atoms. The molecule has 0 saturated carbocycles. The topological polar surface area (TPSA) is 20.3 Å². The molecule has 0 aliphatic carbocycles. The molecule has 1 atom stereocenters. The normalized spacial score (nSPS) is 11.7. The van der Waals surface area contributed by atoms with E-state index in [-0.39, 0.29) is 18.3 Å². The van der Waals surface area contributed by atoms with Crippen LogP contribution in [0.3, 0.4) is 0 Å². The largest absolute Gasteiger partial charge is 0.327 e. The summed E-state index contributed by atoms with van der Waals surface area (Å²) in [6.45, 7) is 4.91. The maximum atomic E-state index is 12.9. The molecule has 1 aromatic rings. The molecule has 0 saturated heterocycles. The Morgan fingerprint density at radius 3 is 2.60 bits per heavy atom. The van der Waals surface area contributed by atoms with Crippen molar-refractivity contribution in [1.82, 2.24) is 4.90 Å². The standard InChI is InChI=1S/C17H22FNO/c1-4-6-14(3)12-17(20)19(11-5-2)13-15-7-9-16(18)10-8-15/h2,7-10,14H,4,6,11-13H2,1,3H3. The fourth-order valence-corrected chi connectivity index (χ4v) is 2.17. The minimum absolute atomic E-state index is 0.0632. The molecule has 0 heterocycles. The van der Waals surface area contributed by atoms with Gasteiger partial charge in [-0.3, -0.25) is 4.79 Å². The van der Waals surface area contributed by atoms with Crippen molar-refractivity contribution in [2.24, 2.45) is 5.92 Å². The molecule has 2 nitrogen and oxygen atoms in total. The number of hydrogen-bond donors (Lipinski definition) is 0. The van der Waals surface area contributed by atoms with E-state index in [2.05, 4.69) is 19.8 Å². The lowest BCUT2D eigenvalue weighted by Gasteiger charge is -2.22. The first-order valence-electron chi connectivity index (χ1n) is 7.02. The molecule has 0 aromatic heterocycles. The molecular weight excluding hydrogens is 253 g/mol. The SMILES string of the molecule is C#CCN(Cc1ccc(F)cc1)C(=O)CC(C)CCC. The number of terminal acetylenes is 1. The number of nitrogens with zero attached hydrogens (tertiary/aromatic N) is 1. The summed E-state index contributed by atoms with van der Waals surface area (Å²) in [5, 5.41) is 0. The zero-order valence-electron chi connectivity index (χ0n) is 12.2. The Hall–Kier alpha value is -1.82. The number of carbonyl (C=O) groups is 1. The number of halogens is 1. The van der Waals surface area contributed by atoms with Crippen molar-refractivity contribution >= 4 is 5.91 Å². The summed E-state index contributed by atoms with van der Waals surface area (Å²) in [6, 6.07) is 6.16. The third-order valence-electron chi connectivity index (χ3n) is 3.23. The fraction of sp³-hybridized carbons (Fsp3) is 0.471. The van der Waals surface area contributed by atoms with Crippen LogP contribution in [-0.4, -0.2) is 17.4 Å². The number of hydrogen-bond acceptors (Lipinski definition) is 1. The Bertz CT molecular complexity index is 461. The number of amides is 1. The molecule has 1 amide bonds. The summed E-state index contributed by atoms with van der Waals surface area (Å²) in [5.74, 6) is 2.66. The maximum Gasteiger partial charge on any atom is 0.223 e. The van der Waals surface area contributed by atoms with Crippen LogP contribution in [-0.2, 0) is 11.3 Å². The zero-order valence-corrected chi connectivity index (χ0v) is 12.2. The van der Waals surface area contributed by atoms with Gasteiger partial charge in [-0.1, -0.05) is 44.7 Å². The quantitative estimate of drug-likeness (QED) is 0.696. The van der Waals surface area contributed by atoms with Gasteiger partial charge >= 0.3 is 0 Å². The molecule has 1 aromatic carbocycles. The minimum atomic E-state index is -0.278. The molecule has 1 rings (SSSR count). The lowest BCUT2D eigenvalue weighted by molar-refractivity contribution is -0.132. The molecule has 3 heteroatoms. The van der Waals surface area contributed by atoms with Gasteiger partial charge in [-0.05, 0) is 23.6 Å². The molecule has 1 unspecified atom stereocenters. The van der Waals surface area contributed by atoms with Gasteiger partial charge in [0.1, 0.15) is 5.82 Å². The second-order valence-electron chi connectivity index (χ2n) is 5.18. The average molecular weight is 275 g/mol. The van der Waals surface area contributed by atoms with Crippen molar-refractivity contribution in [2.75, 3.05) is 6.54 Å². The summed E-state index contributed by atoms with van der Waals surface area (Å²) in [6.07, 6.45) is 7.95. The van der Waals surface area contributed by atoms with E-state index < -0.39 is 0 Å². The highest BCUT2D eigenvalue weighted by Crippen LogP contribution is 2.14. The van der Waals surface area contributed by atoms with Crippen molar-refractivity contribution in [1.29, 1.82) is 0 Å². The van der Waals surface area contributed by atoms with Gasteiger partial charge in [0.2, 0.25) is 5.91 Å². The summed E-state index contributed by atoms with van der Waals surface area (Å²) >= 11 is 0. The first-order chi connectivity index (χ1) is 9.56. The Labute approximate surface area is 121 Å². The van der Waals surface area contributed by atoms with E-state index >= 15 is 0 Å². The monoisotopic (exact) mass is 275 g/mol. The van der Waals surface area contributed by atoms with Crippen molar-refractivity contribution in [3.05, 3.63) is 35.6 Å². The lowest BCUT2D eigenvalue weighted by Crippen LogP contribution is -2.32. The number of rotatable bonds is 7. The van der Waals surface area contributed by atoms with E-state index in [9.17, 15) is 9.18 Å². The predicted octanol–water partition coefficient (Wildman–Crippen LogP) is 3.61. The highest BCUT2D eigenvalue weighted by Gasteiger charge is 2.16. The molecule has 108 valence electrons. The third kappa shape index (κ3) is 5.44. The number of carbonyl (C=O) groups excluding carboxylic acids is 1. The highest BCUT2D eigenvalue weighted by atomic mass is 19.1. The number of benzene rings is 1. The fourth-order valence-electron chi connectivity index (χ4n) is 2.17. The summed E-state index contributed by atoms with van der Waals surface area (Å²) in [7, 11) is 0. The van der Waals surface area contributed by atoms with Crippen molar-refractivity contribution in [3.63, 3.8) is 0 Å². The highest BCUT2D eigenvalue weighted by molar-refractivity contribution is 5.76. The van der Waals surface area contributed by atoms with Crippen molar-refractivity contribution < 1.29 is 9.18 Å².